The molecule has 1 aliphatic rings. The molecule has 208 valence electrons. The quantitative estimate of drug-likeness (QED) is 0.504. The van der Waals surface area contributed by atoms with E-state index in [2.05, 4.69) is 20.0 Å². The molecule has 0 spiro atoms. The van der Waals surface area contributed by atoms with Gasteiger partial charge in [-0.2, -0.15) is 17.5 Å². The van der Waals surface area contributed by atoms with Crippen LogP contribution < -0.4 is 15.5 Å². The number of rotatable bonds is 6. The van der Waals surface area contributed by atoms with Crippen LogP contribution in [0, 0.1) is 6.92 Å². The zero-order valence-corrected chi connectivity index (χ0v) is 21.8. The number of hydrogen-bond acceptors (Lipinski definition) is 6. The van der Waals surface area contributed by atoms with Gasteiger partial charge < -0.3 is 15.5 Å². The molecular weight excluding hydrogens is 533 g/mol. The summed E-state index contributed by atoms with van der Waals surface area (Å²) in [6.07, 6.45) is -3.80. The highest BCUT2D eigenvalue weighted by molar-refractivity contribution is 7.93. The summed E-state index contributed by atoms with van der Waals surface area (Å²) >= 11 is 0. The SMILES string of the molecule is CNCC(=O)N=[S@](C)(=O)c1cccc(NC(=O)c2c(N3CCCC(F)(F)CC3)ncc(C(F)(F)F)c2C)c1. The van der Waals surface area contributed by atoms with Gasteiger partial charge in [-0.25, -0.2) is 18.0 Å². The zero-order valence-electron chi connectivity index (χ0n) is 21.0. The molecule has 3 rings (SSSR count). The van der Waals surface area contributed by atoms with Gasteiger partial charge in [0, 0.05) is 49.0 Å². The predicted molar refractivity (Wildman–Crippen MR) is 133 cm³/mol. The Bertz CT molecular complexity index is 1340. The fourth-order valence-electron chi connectivity index (χ4n) is 4.10. The van der Waals surface area contributed by atoms with E-state index in [1.54, 1.807) is 0 Å². The number of alkyl halides is 5. The molecule has 0 saturated carbocycles. The lowest BCUT2D eigenvalue weighted by Crippen LogP contribution is -2.30. The number of aromatic nitrogens is 1. The summed E-state index contributed by atoms with van der Waals surface area (Å²) in [7, 11) is -1.66. The summed E-state index contributed by atoms with van der Waals surface area (Å²) < 4.78 is 85.5. The molecule has 14 heteroatoms. The maximum absolute atomic E-state index is 13.9. The molecule has 1 aliphatic heterocycles. The second-order valence-corrected chi connectivity index (χ2v) is 11.2. The van der Waals surface area contributed by atoms with Crippen molar-refractivity contribution in [1.82, 2.24) is 10.3 Å². The number of carbonyl (C=O) groups is 2. The minimum atomic E-state index is -4.80. The minimum absolute atomic E-state index is 0.0679. The van der Waals surface area contributed by atoms with E-state index in [-0.39, 0.29) is 48.9 Å². The van der Waals surface area contributed by atoms with Gasteiger partial charge in [0.15, 0.2) is 0 Å². The number of benzene rings is 1. The van der Waals surface area contributed by atoms with Gasteiger partial charge in [-0.05, 0) is 44.2 Å². The molecule has 0 unspecified atom stereocenters. The van der Waals surface area contributed by atoms with Crippen LogP contribution in [0.2, 0.25) is 0 Å². The Hall–Kier alpha value is -3.13. The molecule has 2 N–H and O–H groups in total. The number of nitrogens with zero attached hydrogens (tertiary/aromatic N) is 3. The van der Waals surface area contributed by atoms with Crippen molar-refractivity contribution in [3.05, 3.63) is 47.2 Å². The van der Waals surface area contributed by atoms with E-state index in [0.717, 1.165) is 6.92 Å². The molecule has 38 heavy (non-hydrogen) atoms. The first-order chi connectivity index (χ1) is 17.6. The summed E-state index contributed by atoms with van der Waals surface area (Å²) in [4.78, 5) is 30.6. The Labute approximate surface area is 217 Å². The standard InChI is InChI=1S/C24H28F5N5O3S/c1-15-18(24(27,28)29)13-31-21(34-10-5-8-23(25,26)9-11-34)20(15)22(36)32-16-6-4-7-17(12-16)38(3,37)33-19(35)14-30-2/h4,6-7,12-13,30H,5,8-11,14H2,1-3H3,(H,32,36)/t38-/m1/s1. The largest absolute Gasteiger partial charge is 0.418 e. The monoisotopic (exact) mass is 561 g/mol. The molecular formula is C24H28F5N5O3S. The number of carbonyl (C=O) groups excluding carboxylic acids is 2. The fraction of sp³-hybridized carbons (Fsp3) is 0.458. The van der Waals surface area contributed by atoms with Crippen molar-refractivity contribution in [2.75, 3.05) is 43.2 Å². The topological polar surface area (TPSA) is 104 Å². The van der Waals surface area contributed by atoms with E-state index in [9.17, 15) is 35.8 Å². The summed E-state index contributed by atoms with van der Waals surface area (Å²) in [5.41, 5.74) is -1.84. The number of likely N-dealkylation sites (N-methyl/N-ethyl adjacent to an activating group) is 1. The van der Waals surface area contributed by atoms with Gasteiger partial charge in [0.2, 0.25) is 5.92 Å². The molecule has 8 nitrogen and oxygen atoms in total. The number of halogens is 5. The first-order valence-electron chi connectivity index (χ1n) is 11.7. The zero-order chi connectivity index (χ0) is 28.3. The van der Waals surface area contributed by atoms with E-state index in [1.165, 1.54) is 42.5 Å². The Morgan fingerprint density at radius 1 is 1.21 bits per heavy atom. The van der Waals surface area contributed by atoms with Crippen LogP contribution in [0.25, 0.3) is 0 Å². The molecule has 0 radical (unpaired) electrons. The summed E-state index contributed by atoms with van der Waals surface area (Å²) in [5, 5.41) is 5.10. The second-order valence-electron chi connectivity index (χ2n) is 8.99. The maximum atomic E-state index is 13.9. The highest BCUT2D eigenvalue weighted by Crippen LogP contribution is 2.37. The number of nitrogens with one attached hydrogen (secondary N) is 2. The number of hydrogen-bond donors (Lipinski definition) is 2. The summed E-state index contributed by atoms with van der Waals surface area (Å²) in [6.45, 7) is 0.884. The molecule has 1 atom stereocenters. The van der Waals surface area contributed by atoms with Crippen LogP contribution in [0.15, 0.2) is 39.7 Å². The molecule has 0 aliphatic carbocycles. The summed E-state index contributed by atoms with van der Waals surface area (Å²) in [5.74, 6) is -4.65. The Kier molecular flexibility index (Phi) is 8.76. The van der Waals surface area contributed by atoms with Gasteiger partial charge in [-0.3, -0.25) is 9.59 Å². The maximum Gasteiger partial charge on any atom is 0.418 e. The van der Waals surface area contributed by atoms with Gasteiger partial charge in [0.1, 0.15) is 5.82 Å². The molecule has 1 saturated heterocycles. The van der Waals surface area contributed by atoms with E-state index in [4.69, 9.17) is 0 Å². The Balaban J connectivity index is 2.02. The number of amides is 2. The van der Waals surface area contributed by atoms with E-state index >= 15 is 0 Å². The van der Waals surface area contributed by atoms with Gasteiger partial charge in [-0.15, -0.1) is 0 Å². The van der Waals surface area contributed by atoms with Gasteiger partial charge in [-0.1, -0.05) is 6.07 Å². The minimum Gasteiger partial charge on any atom is -0.356 e. The van der Waals surface area contributed by atoms with Crippen LogP contribution in [0.3, 0.4) is 0 Å². The smallest absolute Gasteiger partial charge is 0.356 e. The third-order valence-corrected chi connectivity index (χ3v) is 7.68. The van der Waals surface area contributed by atoms with Crippen LogP contribution in [0.1, 0.15) is 40.7 Å². The highest BCUT2D eigenvalue weighted by atomic mass is 32.2. The van der Waals surface area contributed by atoms with Crippen LogP contribution in [-0.2, 0) is 20.7 Å². The molecule has 2 amide bonds. The highest BCUT2D eigenvalue weighted by Gasteiger charge is 2.38. The normalized spacial score (nSPS) is 17.3. The average Bonchev–Trinajstić information content (AvgIpc) is 2.98. The lowest BCUT2D eigenvalue weighted by molar-refractivity contribution is -0.138. The van der Waals surface area contributed by atoms with Crippen LogP contribution in [-0.4, -0.2) is 59.9 Å². The second kappa shape index (κ2) is 11.3. The first kappa shape index (κ1) is 29.4. The van der Waals surface area contributed by atoms with Crippen molar-refractivity contribution in [3.8, 4) is 0 Å². The van der Waals surface area contributed by atoms with E-state index in [1.807, 2.05) is 0 Å². The number of anilines is 2. The molecule has 1 fully saturated rings. The fourth-order valence-corrected chi connectivity index (χ4v) is 5.33. The third kappa shape index (κ3) is 7.04. The van der Waals surface area contributed by atoms with Gasteiger partial charge >= 0.3 is 6.18 Å². The molecule has 1 aromatic heterocycles. The first-order valence-corrected chi connectivity index (χ1v) is 13.6. The van der Waals surface area contributed by atoms with Crippen LogP contribution in [0.5, 0.6) is 0 Å². The summed E-state index contributed by atoms with van der Waals surface area (Å²) in [6, 6.07) is 5.61. The lowest BCUT2D eigenvalue weighted by atomic mass is 10.0. The van der Waals surface area contributed by atoms with Crippen molar-refractivity contribution in [2.24, 2.45) is 4.36 Å². The van der Waals surface area contributed by atoms with Crippen LogP contribution >= 0.6 is 0 Å². The third-order valence-electron chi connectivity index (χ3n) is 6.00. The van der Waals surface area contributed by atoms with E-state index in [0.29, 0.717) is 6.20 Å². The van der Waals surface area contributed by atoms with Gasteiger partial charge in [0.05, 0.1) is 27.4 Å². The molecule has 2 aromatic rings. The van der Waals surface area contributed by atoms with E-state index < -0.39 is 56.8 Å². The van der Waals surface area contributed by atoms with Crippen molar-refractivity contribution in [2.45, 2.75) is 43.2 Å². The Morgan fingerprint density at radius 2 is 1.92 bits per heavy atom. The number of pyridine rings is 1. The Morgan fingerprint density at radius 3 is 2.58 bits per heavy atom. The van der Waals surface area contributed by atoms with Gasteiger partial charge in [0.25, 0.3) is 11.8 Å². The predicted octanol–water partition coefficient (Wildman–Crippen LogP) is 4.49. The van der Waals surface area contributed by atoms with Crippen molar-refractivity contribution in [1.29, 1.82) is 0 Å². The average molecular weight is 562 g/mol. The van der Waals surface area contributed by atoms with Crippen molar-refractivity contribution in [3.63, 3.8) is 0 Å². The molecule has 1 aromatic carbocycles. The van der Waals surface area contributed by atoms with Crippen molar-refractivity contribution >= 4 is 33.0 Å². The lowest BCUT2D eigenvalue weighted by Gasteiger charge is -2.26. The van der Waals surface area contributed by atoms with Crippen molar-refractivity contribution < 1.29 is 35.8 Å². The molecule has 0 bridgehead atoms. The molecule has 2 heterocycles. The van der Waals surface area contributed by atoms with Crippen LogP contribution in [0.4, 0.5) is 33.5 Å².